The molecule has 3 aromatic rings. The Bertz CT molecular complexity index is 1040. The van der Waals surface area contributed by atoms with Crippen LogP contribution in [0.15, 0.2) is 53.3 Å². The van der Waals surface area contributed by atoms with Crippen LogP contribution in [0.4, 0.5) is 0 Å². The molecule has 32 heavy (non-hydrogen) atoms. The number of thiazole rings is 1. The highest BCUT2D eigenvalue weighted by molar-refractivity contribution is 7.09. The van der Waals surface area contributed by atoms with Gasteiger partial charge in [-0.1, -0.05) is 48.1 Å². The van der Waals surface area contributed by atoms with Gasteiger partial charge in [-0.05, 0) is 42.3 Å². The first-order valence-corrected chi connectivity index (χ1v) is 11.5. The zero-order valence-corrected chi connectivity index (χ0v) is 19.3. The van der Waals surface area contributed by atoms with Crippen LogP contribution in [0.2, 0.25) is 5.02 Å². The molecule has 4 N–H and O–H groups in total. The van der Waals surface area contributed by atoms with E-state index in [1.165, 1.54) is 0 Å². The predicted octanol–water partition coefficient (Wildman–Crippen LogP) is 3.57. The molecule has 0 aliphatic heterocycles. The molecule has 0 fully saturated rings. The number of hydrogen-bond acceptors (Lipinski definition) is 7. The van der Waals surface area contributed by atoms with Gasteiger partial charge in [0.15, 0.2) is 0 Å². The molecular weight excluding hydrogens is 452 g/mol. The van der Waals surface area contributed by atoms with Crippen molar-refractivity contribution >= 4 is 22.9 Å². The van der Waals surface area contributed by atoms with Gasteiger partial charge in [-0.3, -0.25) is 9.78 Å². The number of nitrogens with one attached hydrogen (secondary N) is 2. The number of aromatic amines is 1. The molecule has 7 nitrogen and oxygen atoms in total. The van der Waals surface area contributed by atoms with Crippen LogP contribution < -0.4 is 19.7 Å². The van der Waals surface area contributed by atoms with E-state index in [9.17, 15) is 15.0 Å². The van der Waals surface area contributed by atoms with Crippen LogP contribution in [-0.2, 0) is 6.42 Å². The van der Waals surface area contributed by atoms with Gasteiger partial charge in [0.2, 0.25) is 5.88 Å². The molecule has 1 heterocycles. The molecule has 9 heteroatoms. The minimum Gasteiger partial charge on any atom is -0.494 e. The highest BCUT2D eigenvalue weighted by Gasteiger charge is 2.12. The fourth-order valence-corrected chi connectivity index (χ4v) is 3.93. The molecule has 0 saturated carbocycles. The topological polar surface area (TPSA) is 104 Å². The number of benzene rings is 2. The average molecular weight is 479 g/mol. The standard InChI is InChI=1S/C23H27ClN2O5S/c1-2-17(25-12-18(27)14-31-20-5-3-4-16(24)11-20)13-30-19-8-6-15(7-9-19)10-21-22(28)26-23(29)32-21/h3-9,11,17-18,25,27-28H,2,10,12-14H2,1H3,(H,26,29). The molecule has 2 aromatic carbocycles. The van der Waals surface area contributed by atoms with Crippen LogP contribution in [-0.4, -0.2) is 47.1 Å². The lowest BCUT2D eigenvalue weighted by atomic mass is 10.1. The Hall–Kier alpha value is -2.52. The molecule has 0 radical (unpaired) electrons. The number of halogens is 1. The second-order valence-corrected chi connectivity index (χ2v) is 8.86. The molecular formula is C23H27ClN2O5S. The molecule has 1 aromatic heterocycles. The maximum atomic E-state index is 11.3. The van der Waals surface area contributed by atoms with Crippen LogP contribution in [0.25, 0.3) is 0 Å². The van der Waals surface area contributed by atoms with E-state index in [4.69, 9.17) is 21.1 Å². The molecule has 2 atom stereocenters. The van der Waals surface area contributed by atoms with Crippen LogP contribution in [0.3, 0.4) is 0 Å². The molecule has 0 saturated heterocycles. The number of rotatable bonds is 12. The fourth-order valence-electron chi connectivity index (χ4n) is 2.99. The molecule has 0 bridgehead atoms. The minimum atomic E-state index is -0.664. The van der Waals surface area contributed by atoms with Crippen molar-refractivity contribution in [2.45, 2.75) is 31.9 Å². The first kappa shape index (κ1) is 24.1. The average Bonchev–Trinajstić information content (AvgIpc) is 3.10. The van der Waals surface area contributed by atoms with Gasteiger partial charge in [0, 0.05) is 24.0 Å². The van der Waals surface area contributed by atoms with E-state index in [0.29, 0.717) is 35.2 Å². The summed E-state index contributed by atoms with van der Waals surface area (Å²) in [6.45, 7) is 3.05. The van der Waals surface area contributed by atoms with Gasteiger partial charge < -0.3 is 25.0 Å². The second-order valence-electron chi connectivity index (χ2n) is 7.35. The Morgan fingerprint density at radius 2 is 1.88 bits per heavy atom. The molecule has 0 aliphatic carbocycles. The lowest BCUT2D eigenvalue weighted by Crippen LogP contribution is -2.40. The Morgan fingerprint density at radius 3 is 2.53 bits per heavy atom. The third-order valence-corrected chi connectivity index (χ3v) is 5.92. The van der Waals surface area contributed by atoms with E-state index in [2.05, 4.69) is 10.3 Å². The van der Waals surface area contributed by atoms with E-state index >= 15 is 0 Å². The summed E-state index contributed by atoms with van der Waals surface area (Å²) in [6, 6.07) is 14.7. The Kier molecular flexibility index (Phi) is 8.99. The number of aliphatic hydroxyl groups is 1. The summed E-state index contributed by atoms with van der Waals surface area (Å²) in [6.07, 6.45) is 0.651. The summed E-state index contributed by atoms with van der Waals surface area (Å²) in [5.41, 5.74) is 0.968. The number of aromatic nitrogens is 1. The Balaban J connectivity index is 1.40. The van der Waals surface area contributed by atoms with E-state index in [0.717, 1.165) is 29.1 Å². The third kappa shape index (κ3) is 7.56. The summed E-state index contributed by atoms with van der Waals surface area (Å²) < 4.78 is 11.4. The zero-order chi connectivity index (χ0) is 22.9. The monoisotopic (exact) mass is 478 g/mol. The summed E-state index contributed by atoms with van der Waals surface area (Å²) >= 11 is 6.93. The normalized spacial score (nSPS) is 13.0. The van der Waals surface area contributed by atoms with Crippen molar-refractivity contribution in [3.05, 3.63) is 73.7 Å². The second kappa shape index (κ2) is 11.9. The summed E-state index contributed by atoms with van der Waals surface area (Å²) in [7, 11) is 0. The quantitative estimate of drug-likeness (QED) is 0.317. The van der Waals surface area contributed by atoms with Gasteiger partial charge in [-0.2, -0.15) is 0 Å². The maximum absolute atomic E-state index is 11.3. The van der Waals surface area contributed by atoms with Crippen molar-refractivity contribution in [3.63, 3.8) is 0 Å². The largest absolute Gasteiger partial charge is 0.494 e. The van der Waals surface area contributed by atoms with Crippen LogP contribution >= 0.6 is 22.9 Å². The van der Waals surface area contributed by atoms with Gasteiger partial charge in [0.25, 0.3) is 0 Å². The number of H-pyrrole nitrogens is 1. The SMILES string of the molecule is CCC(COc1ccc(Cc2sc(=O)[nH]c2O)cc1)NCC(O)COc1cccc(Cl)c1. The molecule has 0 amide bonds. The first-order valence-electron chi connectivity index (χ1n) is 10.4. The van der Waals surface area contributed by atoms with E-state index in [1.807, 2.05) is 31.2 Å². The van der Waals surface area contributed by atoms with Gasteiger partial charge in [0.1, 0.15) is 30.8 Å². The van der Waals surface area contributed by atoms with Gasteiger partial charge in [0.05, 0.1) is 4.88 Å². The minimum absolute atomic E-state index is 0.0719. The number of aromatic hydroxyl groups is 1. The van der Waals surface area contributed by atoms with Crippen LogP contribution in [0.1, 0.15) is 23.8 Å². The highest BCUT2D eigenvalue weighted by atomic mass is 35.5. The van der Waals surface area contributed by atoms with Gasteiger partial charge in [-0.15, -0.1) is 0 Å². The lowest BCUT2D eigenvalue weighted by Gasteiger charge is -2.20. The Labute approximate surface area is 195 Å². The maximum Gasteiger partial charge on any atom is 0.307 e. The first-order chi connectivity index (χ1) is 15.4. The van der Waals surface area contributed by atoms with E-state index < -0.39 is 6.10 Å². The smallest absolute Gasteiger partial charge is 0.307 e. The van der Waals surface area contributed by atoms with Crippen LogP contribution in [0, 0.1) is 0 Å². The Morgan fingerprint density at radius 1 is 1.12 bits per heavy atom. The van der Waals surface area contributed by atoms with E-state index in [-0.39, 0.29) is 23.4 Å². The molecule has 2 unspecified atom stereocenters. The molecule has 0 aliphatic rings. The molecule has 0 spiro atoms. The number of hydrogen-bond donors (Lipinski definition) is 4. The van der Waals surface area contributed by atoms with Crippen molar-refractivity contribution in [1.82, 2.24) is 10.3 Å². The van der Waals surface area contributed by atoms with Gasteiger partial charge >= 0.3 is 4.87 Å². The highest BCUT2D eigenvalue weighted by Crippen LogP contribution is 2.22. The van der Waals surface area contributed by atoms with Crippen LogP contribution in [0.5, 0.6) is 17.4 Å². The molecule has 172 valence electrons. The number of aliphatic hydroxyl groups excluding tert-OH is 1. The van der Waals surface area contributed by atoms with Crippen molar-refractivity contribution in [3.8, 4) is 17.4 Å². The van der Waals surface area contributed by atoms with Gasteiger partial charge in [-0.25, -0.2) is 0 Å². The molecule has 3 rings (SSSR count). The predicted molar refractivity (Wildman–Crippen MR) is 126 cm³/mol. The number of ether oxygens (including phenoxy) is 2. The van der Waals surface area contributed by atoms with Crippen molar-refractivity contribution in [2.75, 3.05) is 19.8 Å². The van der Waals surface area contributed by atoms with E-state index in [1.54, 1.807) is 24.3 Å². The van der Waals surface area contributed by atoms with Crippen molar-refractivity contribution in [2.24, 2.45) is 0 Å². The van der Waals surface area contributed by atoms with Crippen molar-refractivity contribution in [1.29, 1.82) is 0 Å². The summed E-state index contributed by atoms with van der Waals surface area (Å²) in [5, 5.41) is 23.8. The summed E-state index contributed by atoms with van der Waals surface area (Å²) in [5.74, 6) is 1.28. The lowest BCUT2D eigenvalue weighted by molar-refractivity contribution is 0.100. The van der Waals surface area contributed by atoms with Crippen molar-refractivity contribution < 1.29 is 19.7 Å². The summed E-state index contributed by atoms with van der Waals surface area (Å²) in [4.78, 5) is 14.0. The zero-order valence-electron chi connectivity index (χ0n) is 17.7. The fraction of sp³-hybridized carbons (Fsp3) is 0.348. The third-order valence-electron chi connectivity index (χ3n) is 4.81.